The second-order valence-electron chi connectivity index (χ2n) is 7.31. The summed E-state index contributed by atoms with van der Waals surface area (Å²) in [5, 5.41) is 13.1. The Labute approximate surface area is 202 Å². The number of thioether (sulfide) groups is 1. The van der Waals surface area contributed by atoms with Gasteiger partial charge < -0.3 is 9.73 Å². The van der Waals surface area contributed by atoms with E-state index in [4.69, 9.17) is 16.0 Å². The first-order chi connectivity index (χ1) is 16.2. The Morgan fingerprint density at radius 2 is 1.91 bits per heavy atom. The minimum atomic E-state index is -0.611. The predicted molar refractivity (Wildman–Crippen MR) is 128 cm³/mol. The topological polar surface area (TPSA) is 123 Å². The Morgan fingerprint density at radius 1 is 1.18 bits per heavy atom. The molecule has 3 aromatic rings. The van der Waals surface area contributed by atoms with E-state index in [0.717, 1.165) is 10.5 Å². The van der Waals surface area contributed by atoms with Crippen LogP contribution in [0.5, 0.6) is 0 Å². The summed E-state index contributed by atoms with van der Waals surface area (Å²) in [7, 11) is 0. The molecule has 1 fully saturated rings. The molecule has 4 rings (SSSR count). The van der Waals surface area contributed by atoms with Gasteiger partial charge in [0.1, 0.15) is 18.1 Å². The van der Waals surface area contributed by atoms with Gasteiger partial charge in [-0.2, -0.15) is 0 Å². The lowest BCUT2D eigenvalue weighted by atomic mass is 10.1. The van der Waals surface area contributed by atoms with Crippen molar-refractivity contribution in [3.63, 3.8) is 0 Å². The van der Waals surface area contributed by atoms with Crippen LogP contribution in [-0.2, 0) is 9.59 Å². The number of hydrogen-bond acceptors (Lipinski definition) is 7. The van der Waals surface area contributed by atoms with Crippen molar-refractivity contribution in [1.29, 1.82) is 0 Å². The number of nitro benzene ring substituents is 1. The highest BCUT2D eigenvalue weighted by Crippen LogP contribution is 2.35. The lowest BCUT2D eigenvalue weighted by Crippen LogP contribution is -2.36. The molecule has 2 aromatic carbocycles. The SMILES string of the molecule is Cc1ccc(NC(=O)CN2C(=O)S/C(=C\c3ccc(-c4ccc([N+](=O)[O-])cc4Cl)o3)C2=O)cc1. The molecule has 172 valence electrons. The number of imide groups is 1. The average Bonchev–Trinajstić information content (AvgIpc) is 3.35. The van der Waals surface area contributed by atoms with E-state index in [1.165, 1.54) is 24.3 Å². The molecule has 3 amide bonds. The number of furan rings is 1. The predicted octanol–water partition coefficient (Wildman–Crippen LogP) is 5.49. The minimum absolute atomic E-state index is 0.101. The number of anilines is 1. The number of hydrogen-bond donors (Lipinski definition) is 1. The second-order valence-corrected chi connectivity index (χ2v) is 8.71. The van der Waals surface area contributed by atoms with E-state index in [1.807, 2.05) is 19.1 Å². The first kappa shape index (κ1) is 23.3. The molecule has 2 heterocycles. The van der Waals surface area contributed by atoms with Crippen molar-refractivity contribution in [3.05, 3.63) is 86.0 Å². The monoisotopic (exact) mass is 497 g/mol. The summed E-state index contributed by atoms with van der Waals surface area (Å²) in [6.45, 7) is 1.50. The van der Waals surface area contributed by atoms with Crippen LogP contribution < -0.4 is 5.32 Å². The van der Waals surface area contributed by atoms with E-state index < -0.39 is 28.5 Å². The van der Waals surface area contributed by atoms with Gasteiger partial charge in [-0.15, -0.1) is 0 Å². The van der Waals surface area contributed by atoms with Crippen LogP contribution in [0.15, 0.2) is 63.9 Å². The number of carbonyl (C=O) groups is 3. The summed E-state index contributed by atoms with van der Waals surface area (Å²) < 4.78 is 5.70. The van der Waals surface area contributed by atoms with Gasteiger partial charge in [0.2, 0.25) is 5.91 Å². The highest BCUT2D eigenvalue weighted by Gasteiger charge is 2.36. The second kappa shape index (κ2) is 9.54. The fourth-order valence-electron chi connectivity index (χ4n) is 3.14. The van der Waals surface area contributed by atoms with Crippen LogP contribution in [-0.4, -0.2) is 33.4 Å². The lowest BCUT2D eigenvalue weighted by Gasteiger charge is -2.12. The van der Waals surface area contributed by atoms with Crippen LogP contribution in [0.3, 0.4) is 0 Å². The van der Waals surface area contributed by atoms with Gasteiger partial charge in [0, 0.05) is 29.5 Å². The van der Waals surface area contributed by atoms with E-state index in [1.54, 1.807) is 24.3 Å². The molecule has 0 saturated carbocycles. The summed E-state index contributed by atoms with van der Waals surface area (Å²) in [6.07, 6.45) is 1.39. The summed E-state index contributed by atoms with van der Waals surface area (Å²) >= 11 is 6.83. The standard InChI is InChI=1S/C23H16ClN3O6S/c1-13-2-4-14(5-3-13)25-21(28)12-26-22(29)20(34-23(26)30)11-16-7-9-19(33-16)17-8-6-15(27(31)32)10-18(17)24/h2-11H,12H2,1H3,(H,25,28)/b20-11-. The zero-order chi connectivity index (χ0) is 24.4. The molecule has 1 aromatic heterocycles. The van der Waals surface area contributed by atoms with Gasteiger partial charge in [-0.3, -0.25) is 29.4 Å². The number of nitrogens with one attached hydrogen (secondary N) is 1. The van der Waals surface area contributed by atoms with Crippen molar-refractivity contribution < 1.29 is 23.7 Å². The third-order valence-corrected chi connectivity index (χ3v) is 6.06. The van der Waals surface area contributed by atoms with E-state index in [2.05, 4.69) is 5.32 Å². The number of halogens is 1. The number of carbonyl (C=O) groups excluding carboxylic acids is 3. The van der Waals surface area contributed by atoms with Crippen molar-refractivity contribution in [2.75, 3.05) is 11.9 Å². The van der Waals surface area contributed by atoms with Crippen LogP contribution in [0.1, 0.15) is 11.3 Å². The maximum absolute atomic E-state index is 12.7. The molecule has 0 bridgehead atoms. The molecule has 1 aliphatic rings. The molecule has 1 aliphatic heterocycles. The van der Waals surface area contributed by atoms with Gasteiger partial charge in [-0.25, -0.2) is 0 Å². The molecule has 9 nitrogen and oxygen atoms in total. The third-order valence-electron chi connectivity index (χ3n) is 4.84. The quantitative estimate of drug-likeness (QED) is 0.271. The molecule has 0 radical (unpaired) electrons. The minimum Gasteiger partial charge on any atom is -0.457 e. The van der Waals surface area contributed by atoms with Crippen LogP contribution in [0.25, 0.3) is 17.4 Å². The normalized spacial score (nSPS) is 14.6. The molecule has 34 heavy (non-hydrogen) atoms. The average molecular weight is 498 g/mol. The van der Waals surface area contributed by atoms with Gasteiger partial charge in [-0.1, -0.05) is 29.3 Å². The van der Waals surface area contributed by atoms with Crippen molar-refractivity contribution in [3.8, 4) is 11.3 Å². The maximum atomic E-state index is 12.7. The highest BCUT2D eigenvalue weighted by atomic mass is 35.5. The Hall–Kier alpha value is -3.89. The van der Waals surface area contributed by atoms with Crippen LogP contribution >= 0.6 is 23.4 Å². The smallest absolute Gasteiger partial charge is 0.294 e. The maximum Gasteiger partial charge on any atom is 0.294 e. The fraction of sp³-hybridized carbons (Fsp3) is 0.0870. The number of nitro groups is 1. The Kier molecular flexibility index (Phi) is 6.53. The van der Waals surface area contributed by atoms with E-state index >= 15 is 0 Å². The first-order valence-corrected chi connectivity index (χ1v) is 11.1. The van der Waals surface area contributed by atoms with Crippen molar-refractivity contribution in [2.45, 2.75) is 6.92 Å². The molecule has 1 N–H and O–H groups in total. The summed E-state index contributed by atoms with van der Waals surface area (Å²) in [5.74, 6) is -0.497. The first-order valence-electron chi connectivity index (χ1n) is 9.87. The molecule has 11 heteroatoms. The fourth-order valence-corrected chi connectivity index (χ4v) is 4.23. The Bertz CT molecular complexity index is 1350. The van der Waals surface area contributed by atoms with Crippen LogP contribution in [0, 0.1) is 17.0 Å². The summed E-state index contributed by atoms with van der Waals surface area (Å²) in [4.78, 5) is 48.6. The Morgan fingerprint density at radius 3 is 2.59 bits per heavy atom. The number of nitrogens with zero attached hydrogens (tertiary/aromatic N) is 2. The molecule has 0 aliphatic carbocycles. The largest absolute Gasteiger partial charge is 0.457 e. The molecule has 0 unspecified atom stereocenters. The zero-order valence-electron chi connectivity index (χ0n) is 17.6. The molecule has 1 saturated heterocycles. The van der Waals surface area contributed by atoms with Gasteiger partial charge >= 0.3 is 0 Å². The zero-order valence-corrected chi connectivity index (χ0v) is 19.2. The summed E-state index contributed by atoms with van der Waals surface area (Å²) in [6, 6.07) is 14.3. The van der Waals surface area contributed by atoms with Gasteiger partial charge in [0.25, 0.3) is 16.8 Å². The van der Waals surface area contributed by atoms with Crippen molar-refractivity contribution >= 4 is 57.9 Å². The van der Waals surface area contributed by atoms with Gasteiger partial charge in [0.05, 0.1) is 14.9 Å². The number of aryl methyl sites for hydroxylation is 1. The number of non-ortho nitro benzene ring substituents is 1. The number of rotatable bonds is 6. The summed E-state index contributed by atoms with van der Waals surface area (Å²) in [5.41, 5.74) is 1.88. The van der Waals surface area contributed by atoms with Crippen molar-refractivity contribution in [2.24, 2.45) is 0 Å². The number of amides is 3. The lowest BCUT2D eigenvalue weighted by molar-refractivity contribution is -0.384. The third kappa shape index (κ3) is 5.03. The highest BCUT2D eigenvalue weighted by molar-refractivity contribution is 8.18. The molecular formula is C23H16ClN3O6S. The van der Waals surface area contributed by atoms with Crippen molar-refractivity contribution in [1.82, 2.24) is 4.90 Å². The van der Waals surface area contributed by atoms with Crippen LogP contribution in [0.4, 0.5) is 16.2 Å². The molecular weight excluding hydrogens is 482 g/mol. The van der Waals surface area contributed by atoms with E-state index in [-0.39, 0.29) is 21.4 Å². The van der Waals surface area contributed by atoms with Crippen LogP contribution in [0.2, 0.25) is 5.02 Å². The van der Waals surface area contributed by atoms with E-state index in [0.29, 0.717) is 28.8 Å². The number of benzene rings is 2. The molecule has 0 spiro atoms. The van der Waals surface area contributed by atoms with Gasteiger partial charge in [0.15, 0.2) is 0 Å². The Balaban J connectivity index is 1.46. The van der Waals surface area contributed by atoms with E-state index in [9.17, 15) is 24.5 Å². The molecule has 0 atom stereocenters. The van der Waals surface area contributed by atoms with Gasteiger partial charge in [-0.05, 0) is 49.0 Å².